The second kappa shape index (κ2) is 5.42. The molecule has 0 N–H and O–H groups in total. The average Bonchev–Trinajstić information content (AvgIpc) is 2.78. The molecule has 1 atom stereocenters. The van der Waals surface area contributed by atoms with E-state index in [1.165, 1.54) is 0 Å². The van der Waals surface area contributed by atoms with Crippen molar-refractivity contribution in [3.63, 3.8) is 0 Å². The lowest BCUT2D eigenvalue weighted by Gasteiger charge is -2.12. The lowest BCUT2D eigenvalue weighted by Crippen LogP contribution is -2.04. The van der Waals surface area contributed by atoms with Gasteiger partial charge in [-0.3, -0.25) is 0 Å². The Morgan fingerprint density at radius 3 is 2.69 bits per heavy atom. The molecule has 1 unspecified atom stereocenters. The summed E-state index contributed by atoms with van der Waals surface area (Å²) in [6.07, 6.45) is 2.48. The van der Waals surface area contributed by atoms with E-state index in [1.807, 2.05) is 36.4 Å². The Hall–Kier alpha value is -0.920. The molecule has 1 heterocycles. The number of benzene rings is 1. The topological polar surface area (TPSA) is 13.1 Å². The summed E-state index contributed by atoms with van der Waals surface area (Å²) in [5.41, 5.74) is 1.15. The van der Waals surface area contributed by atoms with Crippen molar-refractivity contribution in [2.75, 3.05) is 5.88 Å². The summed E-state index contributed by atoms with van der Waals surface area (Å²) in [7, 11) is 0. The Bertz CT molecular complexity index is 437. The molecule has 0 fully saturated rings. The number of alkyl halides is 1. The van der Waals surface area contributed by atoms with Gasteiger partial charge in [-0.05, 0) is 29.8 Å². The zero-order valence-corrected chi connectivity index (χ0v) is 10.2. The van der Waals surface area contributed by atoms with Crippen LogP contribution in [0.4, 0.5) is 0 Å². The van der Waals surface area contributed by atoms with E-state index in [2.05, 4.69) is 0 Å². The zero-order chi connectivity index (χ0) is 11.4. The van der Waals surface area contributed by atoms with Crippen LogP contribution in [0.15, 0.2) is 47.1 Å². The molecule has 1 aromatic carbocycles. The van der Waals surface area contributed by atoms with Crippen molar-refractivity contribution in [2.45, 2.75) is 12.3 Å². The van der Waals surface area contributed by atoms with Gasteiger partial charge in [0.25, 0.3) is 0 Å². The van der Waals surface area contributed by atoms with Crippen LogP contribution < -0.4 is 0 Å². The van der Waals surface area contributed by atoms with Crippen LogP contribution in [0.2, 0.25) is 5.02 Å². The van der Waals surface area contributed by atoms with Gasteiger partial charge in [0.05, 0.1) is 6.26 Å². The minimum Gasteiger partial charge on any atom is -0.469 e. The normalized spacial score (nSPS) is 12.6. The zero-order valence-electron chi connectivity index (χ0n) is 8.70. The number of hydrogen-bond acceptors (Lipinski definition) is 1. The third kappa shape index (κ3) is 2.81. The highest BCUT2D eigenvalue weighted by atomic mass is 35.5. The van der Waals surface area contributed by atoms with Gasteiger partial charge in [-0.25, -0.2) is 0 Å². The van der Waals surface area contributed by atoms with Gasteiger partial charge in [0.2, 0.25) is 0 Å². The predicted molar refractivity (Wildman–Crippen MR) is 67.3 cm³/mol. The number of furan rings is 1. The van der Waals surface area contributed by atoms with E-state index in [4.69, 9.17) is 27.6 Å². The Balaban J connectivity index is 2.16. The Kier molecular flexibility index (Phi) is 3.92. The van der Waals surface area contributed by atoms with Gasteiger partial charge in [0, 0.05) is 23.2 Å². The molecule has 0 spiro atoms. The second-order valence-electron chi connectivity index (χ2n) is 3.69. The third-order valence-corrected chi connectivity index (χ3v) is 3.14. The summed E-state index contributed by atoms with van der Waals surface area (Å²) in [4.78, 5) is 0. The fourth-order valence-corrected chi connectivity index (χ4v) is 2.18. The molecule has 16 heavy (non-hydrogen) atoms. The second-order valence-corrected chi connectivity index (χ2v) is 4.43. The summed E-state index contributed by atoms with van der Waals surface area (Å²) in [5.74, 6) is 1.75. The molecule has 0 saturated carbocycles. The van der Waals surface area contributed by atoms with Crippen molar-refractivity contribution >= 4 is 23.2 Å². The summed E-state index contributed by atoms with van der Waals surface area (Å²) in [5, 5.41) is 0.743. The molecule has 1 aromatic heterocycles. The van der Waals surface area contributed by atoms with Crippen LogP contribution in [0.3, 0.4) is 0 Å². The highest BCUT2D eigenvalue weighted by Crippen LogP contribution is 2.24. The van der Waals surface area contributed by atoms with Gasteiger partial charge in [-0.2, -0.15) is 0 Å². The van der Waals surface area contributed by atoms with Crippen molar-refractivity contribution in [3.8, 4) is 0 Å². The Labute approximate surface area is 105 Å². The van der Waals surface area contributed by atoms with Crippen molar-refractivity contribution in [1.82, 2.24) is 0 Å². The van der Waals surface area contributed by atoms with E-state index in [-0.39, 0.29) is 5.92 Å². The maximum atomic E-state index is 5.99. The van der Waals surface area contributed by atoms with Crippen molar-refractivity contribution in [1.29, 1.82) is 0 Å². The monoisotopic (exact) mass is 254 g/mol. The first-order chi connectivity index (χ1) is 7.79. The summed E-state index contributed by atoms with van der Waals surface area (Å²) < 4.78 is 5.33. The number of hydrogen-bond donors (Lipinski definition) is 0. The molecular weight excluding hydrogens is 243 g/mol. The summed E-state index contributed by atoms with van der Waals surface area (Å²) in [6.45, 7) is 0. The molecule has 2 aromatic rings. The van der Waals surface area contributed by atoms with Crippen molar-refractivity contribution in [3.05, 3.63) is 59.0 Å². The van der Waals surface area contributed by atoms with E-state index < -0.39 is 0 Å². The first-order valence-electron chi connectivity index (χ1n) is 5.13. The van der Waals surface area contributed by atoms with Gasteiger partial charge in [0.1, 0.15) is 5.76 Å². The highest BCUT2D eigenvalue weighted by Gasteiger charge is 2.13. The van der Waals surface area contributed by atoms with Gasteiger partial charge >= 0.3 is 0 Å². The van der Waals surface area contributed by atoms with Crippen LogP contribution >= 0.6 is 23.2 Å². The smallest absolute Gasteiger partial charge is 0.104 e. The fourth-order valence-electron chi connectivity index (χ4n) is 1.69. The fraction of sp³-hybridized carbons (Fsp3) is 0.231. The SMILES string of the molecule is ClCC(Cc1ccco1)c1cccc(Cl)c1. The molecule has 0 aliphatic heterocycles. The van der Waals surface area contributed by atoms with Crippen molar-refractivity contribution < 1.29 is 4.42 Å². The molecule has 0 saturated heterocycles. The minimum atomic E-state index is 0.242. The van der Waals surface area contributed by atoms with E-state index in [1.54, 1.807) is 6.26 Å². The molecule has 84 valence electrons. The van der Waals surface area contributed by atoms with Gasteiger partial charge < -0.3 is 4.42 Å². The summed E-state index contributed by atoms with van der Waals surface area (Å²) in [6, 6.07) is 11.7. The molecule has 0 aliphatic rings. The molecule has 0 bridgehead atoms. The minimum absolute atomic E-state index is 0.242. The van der Waals surface area contributed by atoms with E-state index in [0.29, 0.717) is 5.88 Å². The van der Waals surface area contributed by atoms with Crippen LogP contribution in [0.5, 0.6) is 0 Å². The maximum absolute atomic E-state index is 5.99. The van der Waals surface area contributed by atoms with E-state index >= 15 is 0 Å². The average molecular weight is 255 g/mol. The lowest BCUT2D eigenvalue weighted by molar-refractivity contribution is 0.494. The molecule has 2 rings (SSSR count). The van der Waals surface area contributed by atoms with Crippen LogP contribution in [0.1, 0.15) is 17.2 Å². The molecule has 0 radical (unpaired) electrons. The van der Waals surface area contributed by atoms with E-state index in [0.717, 1.165) is 22.8 Å². The first kappa shape index (κ1) is 11.6. The highest BCUT2D eigenvalue weighted by molar-refractivity contribution is 6.30. The predicted octanol–water partition coefficient (Wildman–Crippen LogP) is 4.50. The largest absolute Gasteiger partial charge is 0.469 e. The molecule has 0 aliphatic carbocycles. The molecule has 0 amide bonds. The summed E-state index contributed by atoms with van der Waals surface area (Å²) >= 11 is 11.9. The Morgan fingerprint density at radius 1 is 1.19 bits per heavy atom. The maximum Gasteiger partial charge on any atom is 0.104 e. The molecule has 3 heteroatoms. The van der Waals surface area contributed by atoms with Crippen LogP contribution in [-0.2, 0) is 6.42 Å². The molecule has 1 nitrogen and oxygen atoms in total. The number of rotatable bonds is 4. The first-order valence-corrected chi connectivity index (χ1v) is 6.04. The van der Waals surface area contributed by atoms with E-state index in [9.17, 15) is 0 Å². The Morgan fingerprint density at radius 2 is 2.06 bits per heavy atom. The quantitative estimate of drug-likeness (QED) is 0.733. The molecular formula is C13H12Cl2O. The number of halogens is 2. The van der Waals surface area contributed by atoms with Gasteiger partial charge in [-0.1, -0.05) is 23.7 Å². The van der Waals surface area contributed by atoms with Gasteiger partial charge in [0.15, 0.2) is 0 Å². The van der Waals surface area contributed by atoms with Crippen LogP contribution in [0, 0.1) is 0 Å². The van der Waals surface area contributed by atoms with Crippen LogP contribution in [0.25, 0.3) is 0 Å². The lowest BCUT2D eigenvalue weighted by atomic mass is 9.96. The van der Waals surface area contributed by atoms with Gasteiger partial charge in [-0.15, -0.1) is 11.6 Å². The van der Waals surface area contributed by atoms with Crippen LogP contribution in [-0.4, -0.2) is 5.88 Å². The third-order valence-electron chi connectivity index (χ3n) is 2.53. The van der Waals surface area contributed by atoms with Crippen molar-refractivity contribution in [2.24, 2.45) is 0 Å². The standard InChI is InChI=1S/C13H12Cl2O/c14-9-11(8-13-5-2-6-16-13)10-3-1-4-12(15)7-10/h1-7,11H,8-9H2.